The lowest BCUT2D eigenvalue weighted by molar-refractivity contribution is 0.0745. The highest BCUT2D eigenvalue weighted by Gasteiger charge is 2.36. The second-order valence-corrected chi connectivity index (χ2v) is 7.55. The predicted octanol–water partition coefficient (Wildman–Crippen LogP) is 1.71. The molecular formula is C17H36N2O2. The predicted molar refractivity (Wildman–Crippen MR) is 88.4 cm³/mol. The van der Waals surface area contributed by atoms with Crippen LogP contribution < -0.4 is 5.32 Å². The minimum atomic E-state index is 0.168. The first-order chi connectivity index (χ1) is 9.92. The van der Waals surface area contributed by atoms with Crippen LogP contribution in [-0.2, 0) is 0 Å². The molecule has 0 amide bonds. The number of hydrogen-bond acceptors (Lipinski definition) is 4. The van der Waals surface area contributed by atoms with Gasteiger partial charge in [-0.2, -0.15) is 0 Å². The van der Waals surface area contributed by atoms with Gasteiger partial charge in [-0.3, -0.25) is 4.90 Å². The summed E-state index contributed by atoms with van der Waals surface area (Å²) in [7, 11) is 0. The molecule has 0 saturated heterocycles. The first-order valence-corrected chi connectivity index (χ1v) is 8.59. The second-order valence-electron chi connectivity index (χ2n) is 7.55. The van der Waals surface area contributed by atoms with Crippen molar-refractivity contribution in [3.63, 3.8) is 0 Å². The molecule has 0 spiro atoms. The van der Waals surface area contributed by atoms with Crippen LogP contribution in [0.3, 0.4) is 0 Å². The Bertz CT molecular complexity index is 272. The summed E-state index contributed by atoms with van der Waals surface area (Å²) in [5.41, 5.74) is 0.369. The van der Waals surface area contributed by atoms with Crippen LogP contribution in [0.1, 0.15) is 47.0 Å². The van der Waals surface area contributed by atoms with Crippen LogP contribution in [0.4, 0.5) is 0 Å². The summed E-state index contributed by atoms with van der Waals surface area (Å²) in [5, 5.41) is 22.1. The molecule has 0 heterocycles. The standard InChI is InChI=1S/C17H36N2O2/c1-5-18-16-7-6-15(17(2,3)4)12-14(16)13-19(8-10-20)9-11-21/h14-16,18,20-21H,5-13H2,1-4H3. The molecule has 0 radical (unpaired) electrons. The van der Waals surface area contributed by atoms with E-state index in [0.29, 0.717) is 30.5 Å². The van der Waals surface area contributed by atoms with Crippen molar-refractivity contribution in [3.8, 4) is 0 Å². The van der Waals surface area contributed by atoms with Crippen LogP contribution in [-0.4, -0.2) is 60.5 Å². The zero-order valence-electron chi connectivity index (χ0n) is 14.4. The summed E-state index contributed by atoms with van der Waals surface area (Å²) >= 11 is 0. The number of aliphatic hydroxyl groups is 2. The monoisotopic (exact) mass is 300 g/mol. The summed E-state index contributed by atoms with van der Waals surface area (Å²) in [5.74, 6) is 1.38. The molecule has 0 bridgehead atoms. The van der Waals surface area contributed by atoms with Gasteiger partial charge in [0.2, 0.25) is 0 Å². The Morgan fingerprint density at radius 1 is 1.10 bits per heavy atom. The Hall–Kier alpha value is -0.160. The fourth-order valence-corrected chi connectivity index (χ4v) is 3.69. The number of nitrogens with zero attached hydrogens (tertiary/aromatic N) is 1. The molecule has 4 nitrogen and oxygen atoms in total. The SMILES string of the molecule is CCNC1CCC(C(C)(C)C)CC1CN(CCO)CCO. The van der Waals surface area contributed by atoms with Crippen molar-refractivity contribution in [2.45, 2.75) is 53.0 Å². The zero-order chi connectivity index (χ0) is 15.9. The first-order valence-electron chi connectivity index (χ1n) is 8.59. The van der Waals surface area contributed by atoms with E-state index in [0.717, 1.165) is 19.0 Å². The van der Waals surface area contributed by atoms with E-state index < -0.39 is 0 Å². The zero-order valence-corrected chi connectivity index (χ0v) is 14.4. The number of rotatable bonds is 8. The summed E-state index contributed by atoms with van der Waals surface area (Å²) in [4.78, 5) is 2.21. The van der Waals surface area contributed by atoms with Gasteiger partial charge in [-0.15, -0.1) is 0 Å². The van der Waals surface area contributed by atoms with Gasteiger partial charge in [-0.25, -0.2) is 0 Å². The van der Waals surface area contributed by atoms with Crippen molar-refractivity contribution in [1.29, 1.82) is 0 Å². The van der Waals surface area contributed by atoms with Crippen LogP contribution in [0.15, 0.2) is 0 Å². The normalized spacial score (nSPS) is 27.3. The van der Waals surface area contributed by atoms with Crippen molar-refractivity contribution >= 4 is 0 Å². The Labute approximate surface area is 130 Å². The van der Waals surface area contributed by atoms with Gasteiger partial charge in [0, 0.05) is 25.7 Å². The van der Waals surface area contributed by atoms with Gasteiger partial charge in [0.1, 0.15) is 0 Å². The van der Waals surface area contributed by atoms with Gasteiger partial charge in [0.25, 0.3) is 0 Å². The molecule has 0 aliphatic heterocycles. The van der Waals surface area contributed by atoms with Crippen LogP contribution in [0.25, 0.3) is 0 Å². The molecule has 1 aliphatic rings. The maximum Gasteiger partial charge on any atom is 0.0558 e. The molecule has 3 atom stereocenters. The lowest BCUT2D eigenvalue weighted by Gasteiger charge is -2.43. The van der Waals surface area contributed by atoms with Crippen molar-refractivity contribution in [2.24, 2.45) is 17.3 Å². The molecule has 1 aliphatic carbocycles. The quantitative estimate of drug-likeness (QED) is 0.639. The fourth-order valence-electron chi connectivity index (χ4n) is 3.69. The molecule has 0 aromatic carbocycles. The molecule has 3 unspecified atom stereocenters. The third kappa shape index (κ3) is 6.23. The molecular weight excluding hydrogens is 264 g/mol. The molecule has 0 aromatic rings. The molecule has 3 N–H and O–H groups in total. The van der Waals surface area contributed by atoms with Gasteiger partial charge in [0.05, 0.1) is 13.2 Å². The van der Waals surface area contributed by atoms with Crippen molar-refractivity contribution < 1.29 is 10.2 Å². The Balaban J connectivity index is 2.69. The average Bonchev–Trinajstić information content (AvgIpc) is 2.40. The molecule has 1 fully saturated rings. The molecule has 126 valence electrons. The molecule has 1 rings (SSSR count). The average molecular weight is 300 g/mol. The first kappa shape index (κ1) is 18.9. The Morgan fingerprint density at radius 3 is 2.19 bits per heavy atom. The topological polar surface area (TPSA) is 55.7 Å². The van der Waals surface area contributed by atoms with Crippen molar-refractivity contribution in [1.82, 2.24) is 10.2 Å². The van der Waals surface area contributed by atoms with E-state index >= 15 is 0 Å². The number of hydrogen-bond donors (Lipinski definition) is 3. The largest absolute Gasteiger partial charge is 0.395 e. The fraction of sp³-hybridized carbons (Fsp3) is 1.00. The number of aliphatic hydroxyl groups excluding tert-OH is 2. The van der Waals surface area contributed by atoms with Crippen LogP contribution in [0, 0.1) is 17.3 Å². The third-order valence-electron chi connectivity index (χ3n) is 5.00. The molecule has 0 aromatic heterocycles. The van der Waals surface area contributed by atoms with E-state index in [1.54, 1.807) is 0 Å². The highest BCUT2D eigenvalue weighted by atomic mass is 16.3. The van der Waals surface area contributed by atoms with Gasteiger partial charge in [-0.05, 0) is 43.1 Å². The molecule has 1 saturated carbocycles. The van der Waals surface area contributed by atoms with Crippen LogP contribution >= 0.6 is 0 Å². The lowest BCUT2D eigenvalue weighted by atomic mass is 9.67. The molecule has 4 heteroatoms. The highest BCUT2D eigenvalue weighted by molar-refractivity contribution is 4.90. The van der Waals surface area contributed by atoms with Gasteiger partial charge in [-0.1, -0.05) is 27.7 Å². The second kappa shape index (κ2) is 9.09. The lowest BCUT2D eigenvalue weighted by Crippen LogP contribution is -2.48. The minimum absolute atomic E-state index is 0.168. The van der Waals surface area contributed by atoms with E-state index in [1.807, 2.05) is 0 Å². The minimum Gasteiger partial charge on any atom is -0.395 e. The van der Waals surface area contributed by atoms with Crippen LogP contribution in [0.2, 0.25) is 0 Å². The molecule has 21 heavy (non-hydrogen) atoms. The summed E-state index contributed by atoms with van der Waals surface area (Å²) in [6.07, 6.45) is 3.79. The maximum absolute atomic E-state index is 9.20. The van der Waals surface area contributed by atoms with E-state index in [-0.39, 0.29) is 13.2 Å². The Morgan fingerprint density at radius 2 is 1.71 bits per heavy atom. The Kier molecular flexibility index (Phi) is 8.17. The van der Waals surface area contributed by atoms with E-state index in [4.69, 9.17) is 0 Å². The highest BCUT2D eigenvalue weighted by Crippen LogP contribution is 2.40. The smallest absolute Gasteiger partial charge is 0.0558 e. The van der Waals surface area contributed by atoms with E-state index in [9.17, 15) is 10.2 Å². The summed E-state index contributed by atoms with van der Waals surface area (Å²) < 4.78 is 0. The maximum atomic E-state index is 9.20. The van der Waals surface area contributed by atoms with Gasteiger partial charge >= 0.3 is 0 Å². The van der Waals surface area contributed by atoms with Crippen molar-refractivity contribution in [2.75, 3.05) is 39.4 Å². The third-order valence-corrected chi connectivity index (χ3v) is 5.00. The van der Waals surface area contributed by atoms with Gasteiger partial charge < -0.3 is 15.5 Å². The van der Waals surface area contributed by atoms with Crippen LogP contribution in [0.5, 0.6) is 0 Å². The summed E-state index contributed by atoms with van der Waals surface area (Å²) in [6.45, 7) is 12.9. The summed E-state index contributed by atoms with van der Waals surface area (Å²) in [6, 6.07) is 0.577. The van der Waals surface area contributed by atoms with Gasteiger partial charge in [0.15, 0.2) is 0 Å². The van der Waals surface area contributed by atoms with E-state index in [1.165, 1.54) is 19.3 Å². The number of nitrogens with one attached hydrogen (secondary N) is 1. The van der Waals surface area contributed by atoms with E-state index in [2.05, 4.69) is 37.9 Å². The van der Waals surface area contributed by atoms with Crippen molar-refractivity contribution in [3.05, 3.63) is 0 Å².